The molecule has 0 heterocycles. The highest BCUT2D eigenvalue weighted by atomic mass is 35.5. The van der Waals surface area contributed by atoms with Crippen LogP contribution in [0.2, 0.25) is 5.02 Å². The third kappa shape index (κ3) is 5.44. The summed E-state index contributed by atoms with van der Waals surface area (Å²) in [6.45, 7) is 1.13. The lowest BCUT2D eigenvalue weighted by molar-refractivity contribution is 0.113. The summed E-state index contributed by atoms with van der Waals surface area (Å²) in [5.74, 6) is 1.04. The highest BCUT2D eigenvalue weighted by Crippen LogP contribution is 2.32. The van der Waals surface area contributed by atoms with Gasteiger partial charge in [0.25, 0.3) is 0 Å². The van der Waals surface area contributed by atoms with Crippen LogP contribution in [0.25, 0.3) is 0 Å². The Kier molecular flexibility index (Phi) is 5.70. The van der Waals surface area contributed by atoms with E-state index >= 15 is 0 Å². The highest BCUT2D eigenvalue weighted by Gasteiger charge is 2.31. The molecule has 1 fully saturated rings. The summed E-state index contributed by atoms with van der Waals surface area (Å²) in [4.78, 5) is 13.3. The second kappa shape index (κ2) is 7.52. The Balaban J connectivity index is 1.62. The van der Waals surface area contributed by atoms with Gasteiger partial charge in [-0.3, -0.25) is 0 Å². The standard InChI is InChI=1S/C15H21ClN2O3/c1-18(10-14(19)11-5-6-11)15(20)17-7-8-21-13-4-2-3-12(16)9-13/h2-4,9,11,14,19H,5-8,10H2,1H3,(H,17,20). The SMILES string of the molecule is CN(CC(O)C1CC1)C(=O)NCCOc1cccc(Cl)c1. The average Bonchev–Trinajstić information content (AvgIpc) is 3.28. The van der Waals surface area contributed by atoms with E-state index in [0.29, 0.717) is 36.4 Å². The number of likely N-dealkylation sites (N-methyl/N-ethyl adjacent to an activating group) is 1. The zero-order chi connectivity index (χ0) is 15.2. The van der Waals surface area contributed by atoms with Crippen LogP contribution in [0, 0.1) is 5.92 Å². The Labute approximate surface area is 129 Å². The molecule has 2 amide bonds. The van der Waals surface area contributed by atoms with Crippen LogP contribution in [0.5, 0.6) is 5.75 Å². The monoisotopic (exact) mass is 312 g/mol. The minimum absolute atomic E-state index is 0.204. The molecule has 0 aromatic heterocycles. The highest BCUT2D eigenvalue weighted by molar-refractivity contribution is 6.30. The molecule has 1 atom stereocenters. The molecule has 5 nitrogen and oxygen atoms in total. The zero-order valence-corrected chi connectivity index (χ0v) is 12.8. The van der Waals surface area contributed by atoms with Crippen molar-refractivity contribution in [3.8, 4) is 5.75 Å². The lowest BCUT2D eigenvalue weighted by Crippen LogP contribution is -2.43. The Bertz CT molecular complexity index is 480. The minimum atomic E-state index is -0.413. The summed E-state index contributed by atoms with van der Waals surface area (Å²) in [7, 11) is 1.68. The van der Waals surface area contributed by atoms with Crippen LogP contribution >= 0.6 is 11.6 Å². The third-order valence-corrected chi connectivity index (χ3v) is 3.65. The Hall–Kier alpha value is -1.46. The molecule has 21 heavy (non-hydrogen) atoms. The largest absolute Gasteiger partial charge is 0.492 e. The van der Waals surface area contributed by atoms with Crippen LogP contribution in [-0.2, 0) is 0 Å². The third-order valence-electron chi connectivity index (χ3n) is 3.42. The topological polar surface area (TPSA) is 61.8 Å². The predicted octanol–water partition coefficient (Wildman–Crippen LogP) is 2.13. The van der Waals surface area contributed by atoms with E-state index < -0.39 is 6.10 Å². The number of ether oxygens (including phenoxy) is 1. The number of aliphatic hydroxyl groups excluding tert-OH is 1. The molecular weight excluding hydrogens is 292 g/mol. The molecule has 6 heteroatoms. The maximum Gasteiger partial charge on any atom is 0.317 e. The van der Waals surface area contributed by atoms with E-state index in [9.17, 15) is 9.90 Å². The molecule has 0 spiro atoms. The fourth-order valence-electron chi connectivity index (χ4n) is 2.01. The first-order chi connectivity index (χ1) is 10.1. The van der Waals surface area contributed by atoms with Gasteiger partial charge in [0.05, 0.1) is 12.6 Å². The summed E-state index contributed by atoms with van der Waals surface area (Å²) in [6, 6.07) is 6.91. The van der Waals surface area contributed by atoms with Gasteiger partial charge in [0.1, 0.15) is 12.4 Å². The van der Waals surface area contributed by atoms with Gasteiger partial charge in [0, 0.05) is 18.6 Å². The van der Waals surface area contributed by atoms with Gasteiger partial charge in [-0.15, -0.1) is 0 Å². The van der Waals surface area contributed by atoms with Gasteiger partial charge in [-0.1, -0.05) is 17.7 Å². The average molecular weight is 313 g/mol. The predicted molar refractivity (Wildman–Crippen MR) is 81.7 cm³/mol. The number of aliphatic hydroxyl groups is 1. The van der Waals surface area contributed by atoms with E-state index in [2.05, 4.69) is 5.32 Å². The lowest BCUT2D eigenvalue weighted by Gasteiger charge is -2.21. The van der Waals surface area contributed by atoms with E-state index in [4.69, 9.17) is 16.3 Å². The number of benzene rings is 1. The second-order valence-electron chi connectivity index (χ2n) is 5.32. The maximum atomic E-state index is 11.8. The Morgan fingerprint density at radius 3 is 3.00 bits per heavy atom. The molecule has 1 saturated carbocycles. The smallest absolute Gasteiger partial charge is 0.317 e. The number of carbonyl (C=O) groups is 1. The number of urea groups is 1. The van der Waals surface area contributed by atoms with Crippen LogP contribution in [-0.4, -0.2) is 48.9 Å². The first kappa shape index (κ1) is 15.9. The number of hydrogen-bond acceptors (Lipinski definition) is 3. The number of hydrogen-bond donors (Lipinski definition) is 2. The van der Waals surface area contributed by atoms with Crippen LogP contribution in [0.3, 0.4) is 0 Å². The number of rotatable bonds is 7. The number of carbonyl (C=O) groups excluding carboxylic acids is 1. The van der Waals surface area contributed by atoms with Crippen molar-refractivity contribution < 1.29 is 14.6 Å². The van der Waals surface area contributed by atoms with Gasteiger partial charge < -0.3 is 20.1 Å². The van der Waals surface area contributed by atoms with Gasteiger partial charge in [0.15, 0.2) is 0 Å². The number of halogens is 1. The van der Waals surface area contributed by atoms with Crippen molar-refractivity contribution in [3.05, 3.63) is 29.3 Å². The van der Waals surface area contributed by atoms with E-state index in [0.717, 1.165) is 12.8 Å². The van der Waals surface area contributed by atoms with Gasteiger partial charge in [0.2, 0.25) is 0 Å². The van der Waals surface area contributed by atoms with Crippen molar-refractivity contribution in [3.63, 3.8) is 0 Å². The van der Waals surface area contributed by atoms with Crippen LogP contribution in [0.4, 0.5) is 4.79 Å². The van der Waals surface area contributed by atoms with Gasteiger partial charge in [-0.05, 0) is 37.0 Å². The number of nitrogens with zero attached hydrogens (tertiary/aromatic N) is 1. The molecule has 0 bridgehead atoms. The molecule has 1 unspecified atom stereocenters. The summed E-state index contributed by atoms with van der Waals surface area (Å²) in [5.41, 5.74) is 0. The molecule has 1 aliphatic carbocycles. The quantitative estimate of drug-likeness (QED) is 0.758. The maximum absolute atomic E-state index is 11.8. The van der Waals surface area contributed by atoms with Crippen molar-refractivity contribution in [1.29, 1.82) is 0 Å². The second-order valence-corrected chi connectivity index (χ2v) is 5.76. The molecule has 0 aliphatic heterocycles. The normalized spacial score (nSPS) is 15.4. The molecule has 0 radical (unpaired) electrons. The van der Waals surface area contributed by atoms with Crippen molar-refractivity contribution in [2.75, 3.05) is 26.7 Å². The van der Waals surface area contributed by atoms with Gasteiger partial charge >= 0.3 is 6.03 Å². The molecular formula is C15H21ClN2O3. The molecule has 0 saturated heterocycles. The molecule has 1 aromatic rings. The van der Waals surface area contributed by atoms with Gasteiger partial charge in [-0.25, -0.2) is 4.79 Å². The van der Waals surface area contributed by atoms with Crippen molar-refractivity contribution in [1.82, 2.24) is 10.2 Å². The molecule has 1 aliphatic rings. The Morgan fingerprint density at radius 2 is 2.33 bits per heavy atom. The summed E-state index contributed by atoms with van der Waals surface area (Å²) < 4.78 is 5.48. The fraction of sp³-hybridized carbons (Fsp3) is 0.533. The first-order valence-electron chi connectivity index (χ1n) is 7.11. The number of nitrogens with one attached hydrogen (secondary N) is 1. The van der Waals surface area contributed by atoms with E-state index in [1.54, 1.807) is 19.2 Å². The molecule has 2 rings (SSSR count). The Morgan fingerprint density at radius 1 is 1.57 bits per heavy atom. The van der Waals surface area contributed by atoms with E-state index in [1.807, 2.05) is 12.1 Å². The summed E-state index contributed by atoms with van der Waals surface area (Å²) >= 11 is 5.85. The number of amides is 2. The molecule has 1 aromatic carbocycles. The van der Waals surface area contributed by atoms with Crippen LogP contribution in [0.1, 0.15) is 12.8 Å². The minimum Gasteiger partial charge on any atom is -0.492 e. The van der Waals surface area contributed by atoms with Crippen molar-refractivity contribution in [2.24, 2.45) is 5.92 Å². The summed E-state index contributed by atoms with van der Waals surface area (Å²) in [5, 5.41) is 13.2. The molecule has 116 valence electrons. The fourth-order valence-corrected chi connectivity index (χ4v) is 2.19. The van der Waals surface area contributed by atoms with Gasteiger partial charge in [-0.2, -0.15) is 0 Å². The van der Waals surface area contributed by atoms with E-state index in [-0.39, 0.29) is 6.03 Å². The van der Waals surface area contributed by atoms with E-state index in [1.165, 1.54) is 4.90 Å². The van der Waals surface area contributed by atoms with Crippen LogP contribution in [0.15, 0.2) is 24.3 Å². The van der Waals surface area contributed by atoms with Crippen molar-refractivity contribution >= 4 is 17.6 Å². The first-order valence-corrected chi connectivity index (χ1v) is 7.49. The van der Waals surface area contributed by atoms with Crippen LogP contribution < -0.4 is 10.1 Å². The van der Waals surface area contributed by atoms with Crippen molar-refractivity contribution in [2.45, 2.75) is 18.9 Å². The summed E-state index contributed by atoms with van der Waals surface area (Å²) in [6.07, 6.45) is 1.71. The molecule has 2 N–H and O–H groups in total. The lowest BCUT2D eigenvalue weighted by atomic mass is 10.2. The zero-order valence-electron chi connectivity index (χ0n) is 12.1.